The lowest BCUT2D eigenvalue weighted by Gasteiger charge is -2.13. The van der Waals surface area contributed by atoms with E-state index in [2.05, 4.69) is 26.5 Å². The number of hydrogen-bond donors (Lipinski definition) is 1. The third-order valence-corrected chi connectivity index (χ3v) is 5.70. The van der Waals surface area contributed by atoms with Gasteiger partial charge in [-0.15, -0.1) is 0 Å². The number of hydrogen-bond acceptors (Lipinski definition) is 5. The quantitative estimate of drug-likeness (QED) is 0.123. The van der Waals surface area contributed by atoms with Crippen molar-refractivity contribution in [2.75, 3.05) is 0 Å². The van der Waals surface area contributed by atoms with Gasteiger partial charge in [-0.3, -0.25) is 4.79 Å². The van der Waals surface area contributed by atoms with Gasteiger partial charge in [0.2, 0.25) is 0 Å². The first kappa shape index (κ1) is 24.9. The van der Waals surface area contributed by atoms with Crippen molar-refractivity contribution in [3.63, 3.8) is 0 Å². The molecule has 1 amide bonds. The molecule has 0 aliphatic carbocycles. The van der Waals surface area contributed by atoms with Crippen LogP contribution in [0.25, 0.3) is 11.1 Å². The number of benzene rings is 4. The molecular formula is C29H23BrN2O4. The van der Waals surface area contributed by atoms with Gasteiger partial charge < -0.3 is 9.47 Å². The van der Waals surface area contributed by atoms with Crippen LogP contribution in [0.1, 0.15) is 22.8 Å². The largest absolute Gasteiger partial charge is 0.481 e. The normalized spacial score (nSPS) is 11.6. The van der Waals surface area contributed by atoms with Crippen LogP contribution < -0.4 is 14.9 Å². The maximum atomic E-state index is 12.5. The lowest BCUT2D eigenvalue weighted by atomic mass is 10.1. The molecule has 4 rings (SSSR count). The first-order chi connectivity index (χ1) is 17.5. The predicted octanol–water partition coefficient (Wildman–Crippen LogP) is 6.25. The van der Waals surface area contributed by atoms with Crippen LogP contribution in [0.15, 0.2) is 113 Å². The van der Waals surface area contributed by atoms with Crippen LogP contribution in [0.5, 0.6) is 11.5 Å². The van der Waals surface area contributed by atoms with Crippen LogP contribution in [-0.2, 0) is 4.79 Å². The third kappa shape index (κ3) is 6.67. The molecule has 0 spiro atoms. The molecule has 4 aromatic rings. The zero-order valence-electron chi connectivity index (χ0n) is 19.4. The molecule has 0 aliphatic rings. The molecule has 0 saturated carbocycles. The Bertz CT molecular complexity index is 1360. The summed E-state index contributed by atoms with van der Waals surface area (Å²) in [6.45, 7) is 1.64. The van der Waals surface area contributed by atoms with Crippen molar-refractivity contribution in [1.29, 1.82) is 0 Å². The summed E-state index contributed by atoms with van der Waals surface area (Å²) in [5.74, 6) is -0.0237. The van der Waals surface area contributed by atoms with E-state index in [1.54, 1.807) is 49.4 Å². The second-order valence-corrected chi connectivity index (χ2v) is 8.74. The molecule has 0 radical (unpaired) electrons. The average molecular weight is 543 g/mol. The van der Waals surface area contributed by atoms with Gasteiger partial charge in [0.15, 0.2) is 6.10 Å². The van der Waals surface area contributed by atoms with E-state index in [1.165, 1.54) is 6.21 Å². The molecule has 180 valence electrons. The van der Waals surface area contributed by atoms with Gasteiger partial charge in [0.25, 0.3) is 5.91 Å². The molecule has 1 atom stereocenters. The number of rotatable bonds is 8. The first-order valence-electron chi connectivity index (χ1n) is 11.2. The summed E-state index contributed by atoms with van der Waals surface area (Å²) in [5, 5.41) is 4.02. The predicted molar refractivity (Wildman–Crippen MR) is 143 cm³/mol. The highest BCUT2D eigenvalue weighted by Crippen LogP contribution is 2.24. The van der Waals surface area contributed by atoms with E-state index in [1.807, 2.05) is 60.7 Å². The van der Waals surface area contributed by atoms with Gasteiger partial charge in [-0.05, 0) is 60.5 Å². The Balaban J connectivity index is 1.36. The van der Waals surface area contributed by atoms with Crippen LogP contribution in [0.3, 0.4) is 0 Å². The van der Waals surface area contributed by atoms with E-state index in [9.17, 15) is 9.59 Å². The zero-order chi connectivity index (χ0) is 25.3. The molecule has 4 aromatic carbocycles. The van der Waals surface area contributed by atoms with Crippen LogP contribution in [0.4, 0.5) is 0 Å². The maximum absolute atomic E-state index is 12.5. The second kappa shape index (κ2) is 12.0. The van der Waals surface area contributed by atoms with Crippen molar-refractivity contribution < 1.29 is 19.1 Å². The van der Waals surface area contributed by atoms with Crippen molar-refractivity contribution in [3.05, 3.63) is 119 Å². The second-order valence-electron chi connectivity index (χ2n) is 7.82. The highest BCUT2D eigenvalue weighted by atomic mass is 79.9. The van der Waals surface area contributed by atoms with Gasteiger partial charge in [0, 0.05) is 10.0 Å². The third-order valence-electron chi connectivity index (χ3n) is 5.21. The molecule has 0 unspecified atom stereocenters. The summed E-state index contributed by atoms with van der Waals surface area (Å²) >= 11 is 3.40. The maximum Gasteiger partial charge on any atom is 0.343 e. The van der Waals surface area contributed by atoms with Crippen LogP contribution in [-0.4, -0.2) is 24.2 Å². The Morgan fingerprint density at radius 2 is 1.50 bits per heavy atom. The Labute approximate surface area is 217 Å². The Hall–Kier alpha value is -4.23. The summed E-state index contributed by atoms with van der Waals surface area (Å²) in [7, 11) is 0. The average Bonchev–Trinajstić information content (AvgIpc) is 2.91. The highest BCUT2D eigenvalue weighted by molar-refractivity contribution is 9.10. The van der Waals surface area contributed by atoms with Crippen molar-refractivity contribution in [2.45, 2.75) is 13.0 Å². The molecule has 0 fully saturated rings. The van der Waals surface area contributed by atoms with E-state index in [0.717, 1.165) is 15.6 Å². The summed E-state index contributed by atoms with van der Waals surface area (Å²) in [6, 6.07) is 31.4. The highest BCUT2D eigenvalue weighted by Gasteiger charge is 2.15. The molecule has 0 saturated heterocycles. The molecule has 0 aromatic heterocycles. The van der Waals surface area contributed by atoms with Crippen molar-refractivity contribution >= 4 is 34.0 Å². The van der Waals surface area contributed by atoms with Gasteiger partial charge in [-0.1, -0.05) is 76.6 Å². The first-order valence-corrected chi connectivity index (χ1v) is 12.0. The minimum absolute atomic E-state index is 0.313. The summed E-state index contributed by atoms with van der Waals surface area (Å²) in [4.78, 5) is 24.9. The van der Waals surface area contributed by atoms with Gasteiger partial charge in [-0.25, -0.2) is 10.2 Å². The van der Waals surface area contributed by atoms with Gasteiger partial charge >= 0.3 is 5.97 Å². The molecule has 1 N–H and O–H groups in total. The number of esters is 1. The number of carbonyl (C=O) groups is 2. The Morgan fingerprint density at radius 3 is 2.19 bits per heavy atom. The number of nitrogens with zero attached hydrogens (tertiary/aromatic N) is 1. The molecule has 36 heavy (non-hydrogen) atoms. The SMILES string of the molecule is C[C@H](Oc1ccc(-c2ccccc2)cc1)C(=O)N/N=C\c1cc(Br)ccc1OC(=O)c1ccccc1. The number of nitrogens with one attached hydrogen (secondary N) is 1. The van der Waals surface area contributed by atoms with E-state index in [4.69, 9.17) is 9.47 Å². The van der Waals surface area contributed by atoms with E-state index >= 15 is 0 Å². The van der Waals surface area contributed by atoms with E-state index in [-0.39, 0.29) is 0 Å². The lowest BCUT2D eigenvalue weighted by Crippen LogP contribution is -2.33. The summed E-state index contributed by atoms with van der Waals surface area (Å²) in [6.07, 6.45) is 0.639. The van der Waals surface area contributed by atoms with Crippen molar-refractivity contribution in [3.8, 4) is 22.6 Å². The zero-order valence-corrected chi connectivity index (χ0v) is 21.0. The standard InChI is InChI=1S/C29H23BrN2O4/c1-20(35-26-15-12-22(13-16-26)21-8-4-2-5-9-21)28(33)32-31-19-24-18-25(30)14-17-27(24)36-29(34)23-10-6-3-7-11-23/h2-20H,1H3,(H,32,33)/b31-19-/t20-/m0/s1. The van der Waals surface area contributed by atoms with E-state index < -0.39 is 18.0 Å². The fourth-order valence-electron chi connectivity index (χ4n) is 3.32. The van der Waals surface area contributed by atoms with Crippen molar-refractivity contribution in [2.24, 2.45) is 5.10 Å². The fraction of sp³-hybridized carbons (Fsp3) is 0.0690. The van der Waals surface area contributed by atoms with Crippen molar-refractivity contribution in [1.82, 2.24) is 5.43 Å². The Kier molecular flexibility index (Phi) is 8.26. The van der Waals surface area contributed by atoms with Gasteiger partial charge in [-0.2, -0.15) is 5.10 Å². The molecule has 0 aliphatic heterocycles. The topological polar surface area (TPSA) is 77.0 Å². The van der Waals surface area contributed by atoms with E-state index in [0.29, 0.717) is 22.6 Å². The summed E-state index contributed by atoms with van der Waals surface area (Å²) in [5.41, 5.74) is 5.57. The number of hydrazone groups is 1. The van der Waals surface area contributed by atoms with Gasteiger partial charge in [0.05, 0.1) is 11.8 Å². The van der Waals surface area contributed by atoms with Gasteiger partial charge in [0.1, 0.15) is 11.5 Å². The number of amides is 1. The van der Waals surface area contributed by atoms with Crippen LogP contribution in [0, 0.1) is 0 Å². The Morgan fingerprint density at radius 1 is 0.861 bits per heavy atom. The lowest BCUT2D eigenvalue weighted by molar-refractivity contribution is -0.127. The minimum atomic E-state index is -0.775. The molecule has 6 nitrogen and oxygen atoms in total. The summed E-state index contributed by atoms with van der Waals surface area (Å²) < 4.78 is 12.0. The number of ether oxygens (including phenoxy) is 2. The number of carbonyl (C=O) groups excluding carboxylic acids is 2. The molecular weight excluding hydrogens is 520 g/mol. The molecule has 0 bridgehead atoms. The minimum Gasteiger partial charge on any atom is -0.481 e. The smallest absolute Gasteiger partial charge is 0.343 e. The monoisotopic (exact) mass is 542 g/mol. The molecule has 0 heterocycles. The number of halogens is 1. The molecule has 7 heteroatoms. The van der Waals surface area contributed by atoms with Crippen LogP contribution in [0.2, 0.25) is 0 Å². The van der Waals surface area contributed by atoms with Crippen LogP contribution >= 0.6 is 15.9 Å². The fourth-order valence-corrected chi connectivity index (χ4v) is 3.70.